The third kappa shape index (κ3) is 3.54. The van der Waals surface area contributed by atoms with Crippen molar-refractivity contribution in [3.63, 3.8) is 0 Å². The number of alkyl halides is 3. The molecule has 0 amide bonds. The van der Waals surface area contributed by atoms with Crippen molar-refractivity contribution >= 4 is 27.5 Å². The van der Waals surface area contributed by atoms with E-state index in [1.807, 2.05) is 0 Å². The van der Waals surface area contributed by atoms with Crippen molar-refractivity contribution in [3.05, 3.63) is 35.4 Å². The van der Waals surface area contributed by atoms with Gasteiger partial charge in [0.15, 0.2) is 5.75 Å². The van der Waals surface area contributed by atoms with E-state index in [2.05, 4.69) is 10.8 Å². The van der Waals surface area contributed by atoms with Crippen LogP contribution in [0.25, 0.3) is 5.76 Å². The van der Waals surface area contributed by atoms with Crippen LogP contribution in [-0.2, 0) is 14.9 Å². The molecule has 0 unspecified atom stereocenters. The van der Waals surface area contributed by atoms with Crippen molar-refractivity contribution in [2.24, 2.45) is 0 Å². The molecule has 0 spiro atoms. The third-order valence-corrected chi connectivity index (χ3v) is 3.24. The molecule has 19 heavy (non-hydrogen) atoms. The molecule has 0 aromatic heterocycles. The van der Waals surface area contributed by atoms with Gasteiger partial charge < -0.3 is 8.92 Å². The molecule has 0 N–H and O–H groups in total. The Labute approximate surface area is 112 Å². The number of hydrogen-bond donors (Lipinski definition) is 0. The average molecular weight is 317 g/mol. The van der Waals surface area contributed by atoms with E-state index < -0.39 is 21.4 Å². The van der Waals surface area contributed by atoms with Gasteiger partial charge in [0, 0.05) is 5.56 Å². The van der Waals surface area contributed by atoms with Crippen molar-refractivity contribution in [1.29, 1.82) is 0 Å². The molecule has 0 aliphatic carbocycles. The summed E-state index contributed by atoms with van der Waals surface area (Å²) < 4.78 is 66.7. The SMILES string of the molecule is C=C(OC)c1ccc(OS(=O)(=O)C(F)(F)F)c(Cl)c1. The number of hydrogen-bond acceptors (Lipinski definition) is 4. The Kier molecular flexibility index (Phi) is 4.36. The molecule has 1 rings (SSSR count). The van der Waals surface area contributed by atoms with E-state index in [1.165, 1.54) is 19.2 Å². The van der Waals surface area contributed by atoms with Crippen molar-refractivity contribution in [2.45, 2.75) is 5.51 Å². The molecule has 0 aliphatic heterocycles. The molecule has 1 aromatic rings. The highest BCUT2D eigenvalue weighted by molar-refractivity contribution is 7.88. The zero-order valence-corrected chi connectivity index (χ0v) is 11.1. The standard InChI is InChI=1S/C10H8ClF3O4S/c1-6(17-2)7-3-4-9(8(11)5-7)18-19(15,16)10(12,13)14/h3-5H,1H2,2H3. The van der Waals surface area contributed by atoms with Crippen molar-refractivity contribution < 1.29 is 30.5 Å². The molecule has 0 atom stereocenters. The quantitative estimate of drug-likeness (QED) is 0.486. The lowest BCUT2D eigenvalue weighted by Gasteiger charge is -2.11. The minimum atomic E-state index is -5.75. The lowest BCUT2D eigenvalue weighted by Crippen LogP contribution is -2.28. The van der Waals surface area contributed by atoms with Crippen LogP contribution in [0.4, 0.5) is 13.2 Å². The van der Waals surface area contributed by atoms with Crippen LogP contribution in [0.2, 0.25) is 5.02 Å². The summed E-state index contributed by atoms with van der Waals surface area (Å²) in [6.07, 6.45) is 0. The zero-order chi connectivity index (χ0) is 14.8. The number of benzene rings is 1. The highest BCUT2D eigenvalue weighted by Crippen LogP contribution is 2.33. The van der Waals surface area contributed by atoms with E-state index in [0.717, 1.165) is 6.07 Å². The van der Waals surface area contributed by atoms with Crippen LogP contribution in [-0.4, -0.2) is 21.0 Å². The van der Waals surface area contributed by atoms with Gasteiger partial charge in [0.05, 0.1) is 12.1 Å². The predicted molar refractivity (Wildman–Crippen MR) is 63.1 cm³/mol. The number of halogens is 4. The second-order valence-corrected chi connectivity index (χ2v) is 5.20. The number of rotatable bonds is 4. The molecular formula is C10H8ClF3O4S. The molecule has 4 nitrogen and oxygen atoms in total. The molecule has 0 heterocycles. The van der Waals surface area contributed by atoms with Gasteiger partial charge in [-0.3, -0.25) is 0 Å². The Hall–Kier alpha value is -1.41. The summed E-state index contributed by atoms with van der Waals surface area (Å²) >= 11 is 5.63. The summed E-state index contributed by atoms with van der Waals surface area (Å²) in [6.45, 7) is 3.51. The highest BCUT2D eigenvalue weighted by Gasteiger charge is 2.48. The van der Waals surface area contributed by atoms with Crippen LogP contribution in [0.15, 0.2) is 24.8 Å². The minimum Gasteiger partial charge on any atom is -0.497 e. The van der Waals surface area contributed by atoms with Gasteiger partial charge in [-0.15, -0.1) is 0 Å². The van der Waals surface area contributed by atoms with Crippen LogP contribution < -0.4 is 4.18 Å². The summed E-state index contributed by atoms with van der Waals surface area (Å²) in [7, 11) is -4.41. The lowest BCUT2D eigenvalue weighted by molar-refractivity contribution is -0.0500. The summed E-state index contributed by atoms with van der Waals surface area (Å²) in [5.41, 5.74) is -5.14. The van der Waals surface area contributed by atoms with Crippen molar-refractivity contribution in [1.82, 2.24) is 0 Å². The summed E-state index contributed by atoms with van der Waals surface area (Å²) in [6, 6.07) is 3.42. The first-order valence-corrected chi connectivity index (χ1v) is 6.40. The molecule has 9 heteroatoms. The monoisotopic (exact) mass is 316 g/mol. The van der Waals surface area contributed by atoms with Crippen LogP contribution in [0, 0.1) is 0 Å². The van der Waals surface area contributed by atoms with Gasteiger partial charge in [0.2, 0.25) is 0 Å². The molecule has 0 saturated heterocycles. The van der Waals surface area contributed by atoms with Crippen LogP contribution in [0.1, 0.15) is 5.56 Å². The molecule has 0 bridgehead atoms. The highest BCUT2D eigenvalue weighted by atomic mass is 35.5. The molecule has 0 radical (unpaired) electrons. The summed E-state index contributed by atoms with van der Waals surface area (Å²) in [5.74, 6) is -0.418. The Morgan fingerprint density at radius 1 is 1.37 bits per heavy atom. The Balaban J connectivity index is 3.09. The molecule has 0 aliphatic rings. The number of ether oxygens (including phenoxy) is 1. The second kappa shape index (κ2) is 5.30. The first kappa shape index (κ1) is 15.6. The third-order valence-electron chi connectivity index (χ3n) is 1.98. The van der Waals surface area contributed by atoms with Gasteiger partial charge in [-0.2, -0.15) is 21.6 Å². The van der Waals surface area contributed by atoms with E-state index >= 15 is 0 Å². The summed E-state index contributed by atoms with van der Waals surface area (Å²) in [4.78, 5) is 0. The Bertz CT molecular complexity index is 595. The van der Waals surface area contributed by atoms with E-state index in [1.54, 1.807) is 0 Å². The molecule has 106 valence electrons. The maximum atomic E-state index is 12.1. The first-order chi connectivity index (χ1) is 8.58. The Morgan fingerprint density at radius 2 is 1.95 bits per heavy atom. The van der Waals surface area contributed by atoms with Gasteiger partial charge >= 0.3 is 15.6 Å². The maximum absolute atomic E-state index is 12.1. The van der Waals surface area contributed by atoms with Crippen LogP contribution >= 0.6 is 11.6 Å². The van der Waals surface area contributed by atoms with E-state index in [4.69, 9.17) is 16.3 Å². The van der Waals surface area contributed by atoms with E-state index in [0.29, 0.717) is 5.56 Å². The first-order valence-electron chi connectivity index (χ1n) is 4.62. The fourth-order valence-corrected chi connectivity index (χ4v) is 1.77. The zero-order valence-electron chi connectivity index (χ0n) is 9.49. The second-order valence-electron chi connectivity index (χ2n) is 3.26. The van der Waals surface area contributed by atoms with Gasteiger partial charge in [0.25, 0.3) is 0 Å². The molecular weight excluding hydrogens is 309 g/mol. The predicted octanol–water partition coefficient (Wildman–Crippen LogP) is 3.19. The van der Waals surface area contributed by atoms with Gasteiger partial charge in [-0.1, -0.05) is 18.2 Å². The molecule has 0 fully saturated rings. The summed E-state index contributed by atoms with van der Waals surface area (Å²) in [5, 5.41) is -0.316. The minimum absolute atomic E-state index is 0.215. The smallest absolute Gasteiger partial charge is 0.497 e. The van der Waals surface area contributed by atoms with Crippen LogP contribution in [0.5, 0.6) is 5.75 Å². The molecule has 0 saturated carbocycles. The topological polar surface area (TPSA) is 52.6 Å². The Morgan fingerprint density at radius 3 is 2.37 bits per heavy atom. The van der Waals surface area contributed by atoms with Gasteiger partial charge in [-0.05, 0) is 18.2 Å². The average Bonchev–Trinajstić information content (AvgIpc) is 2.29. The fourth-order valence-electron chi connectivity index (χ4n) is 1.03. The fraction of sp³-hybridized carbons (Fsp3) is 0.200. The van der Waals surface area contributed by atoms with Gasteiger partial charge in [0.1, 0.15) is 5.76 Å². The largest absolute Gasteiger partial charge is 0.534 e. The van der Waals surface area contributed by atoms with Gasteiger partial charge in [-0.25, -0.2) is 0 Å². The normalized spacial score (nSPS) is 12.1. The number of methoxy groups -OCH3 is 1. The maximum Gasteiger partial charge on any atom is 0.534 e. The van der Waals surface area contributed by atoms with Crippen molar-refractivity contribution in [2.75, 3.05) is 7.11 Å². The van der Waals surface area contributed by atoms with E-state index in [9.17, 15) is 21.6 Å². The van der Waals surface area contributed by atoms with Crippen LogP contribution in [0.3, 0.4) is 0 Å². The van der Waals surface area contributed by atoms with E-state index in [-0.39, 0.29) is 10.8 Å². The molecule has 1 aromatic carbocycles. The van der Waals surface area contributed by atoms with Crippen molar-refractivity contribution in [3.8, 4) is 5.75 Å². The lowest BCUT2D eigenvalue weighted by atomic mass is 10.2.